The highest BCUT2D eigenvalue weighted by Crippen LogP contribution is 2.15. The van der Waals surface area contributed by atoms with Gasteiger partial charge in [-0.25, -0.2) is 28.7 Å². The summed E-state index contributed by atoms with van der Waals surface area (Å²) in [6.07, 6.45) is 0. The van der Waals surface area contributed by atoms with Gasteiger partial charge in [0.2, 0.25) is 4.90 Å². The first-order valence-electron chi connectivity index (χ1n) is 7.64. The topological polar surface area (TPSA) is 130 Å². The average Bonchev–Trinajstić information content (AvgIpc) is 3.00. The fraction of sp³-hybridized carbons (Fsp3) is 0.250. The molecular formula is C16H14N4O6S. The lowest BCUT2D eigenvalue weighted by Crippen LogP contribution is -2.30. The minimum Gasteiger partial charge on any atom is -0.407 e. The van der Waals surface area contributed by atoms with Gasteiger partial charge in [-0.05, 0) is 26.0 Å². The third kappa shape index (κ3) is 3.36. The summed E-state index contributed by atoms with van der Waals surface area (Å²) in [5.41, 5.74) is 0.513. The molecule has 4 heterocycles. The van der Waals surface area contributed by atoms with Crippen LogP contribution in [0.25, 0.3) is 21.5 Å². The molecule has 0 spiro atoms. The minimum atomic E-state index is -0.673. The van der Waals surface area contributed by atoms with Crippen LogP contribution in [0.2, 0.25) is 0 Å². The summed E-state index contributed by atoms with van der Waals surface area (Å²) in [7, 11) is 2.72. The van der Waals surface area contributed by atoms with Crippen molar-refractivity contribution in [1.82, 2.24) is 19.1 Å². The molecule has 0 saturated carbocycles. The van der Waals surface area contributed by atoms with Crippen LogP contribution in [0, 0.1) is 13.8 Å². The zero-order chi connectivity index (χ0) is 19.9. The van der Waals surface area contributed by atoms with E-state index in [0.717, 1.165) is 9.13 Å². The number of nitrogens with zero attached hydrogens (tertiary/aromatic N) is 4. The molecule has 0 fully saturated rings. The van der Waals surface area contributed by atoms with Gasteiger partial charge in [0.15, 0.2) is 16.6 Å². The van der Waals surface area contributed by atoms with E-state index in [1.807, 2.05) is 0 Å². The van der Waals surface area contributed by atoms with Crippen molar-refractivity contribution < 1.29 is 8.83 Å². The normalized spacial score (nSPS) is 10.8. The van der Waals surface area contributed by atoms with Gasteiger partial charge in [0.25, 0.3) is 11.1 Å². The SMILES string of the molecule is Cc1ccc2oc(=O)n(C)c(=O)c2n1.Cc1nc2c(=O)n(C)c(=O)oc2s1. The summed E-state index contributed by atoms with van der Waals surface area (Å²) in [5.74, 6) is -1.32. The van der Waals surface area contributed by atoms with Crippen molar-refractivity contribution in [2.24, 2.45) is 14.1 Å². The molecule has 0 aliphatic rings. The summed E-state index contributed by atoms with van der Waals surface area (Å²) in [4.78, 5) is 53.4. The van der Waals surface area contributed by atoms with Gasteiger partial charge in [-0.3, -0.25) is 9.59 Å². The number of fused-ring (bicyclic) bond motifs is 2. The zero-order valence-corrected chi connectivity index (χ0v) is 15.6. The van der Waals surface area contributed by atoms with Crippen LogP contribution in [-0.4, -0.2) is 19.1 Å². The highest BCUT2D eigenvalue weighted by atomic mass is 32.1. The maximum absolute atomic E-state index is 11.5. The van der Waals surface area contributed by atoms with Crippen molar-refractivity contribution in [3.8, 4) is 0 Å². The molecule has 0 amide bonds. The van der Waals surface area contributed by atoms with Crippen molar-refractivity contribution in [3.05, 3.63) is 64.6 Å². The molecular weight excluding hydrogens is 376 g/mol. The Balaban J connectivity index is 0.000000156. The van der Waals surface area contributed by atoms with E-state index in [-0.39, 0.29) is 16.6 Å². The summed E-state index contributed by atoms with van der Waals surface area (Å²) in [6.45, 7) is 3.52. The molecule has 0 radical (unpaired) electrons. The third-order valence-corrected chi connectivity index (χ3v) is 4.49. The van der Waals surface area contributed by atoms with Gasteiger partial charge in [-0.15, -0.1) is 0 Å². The quantitative estimate of drug-likeness (QED) is 0.423. The van der Waals surface area contributed by atoms with E-state index >= 15 is 0 Å². The molecule has 0 saturated heterocycles. The molecule has 10 nitrogen and oxygen atoms in total. The summed E-state index contributed by atoms with van der Waals surface area (Å²) < 4.78 is 11.5. The summed E-state index contributed by atoms with van der Waals surface area (Å²) in [6, 6.07) is 3.26. The van der Waals surface area contributed by atoms with Gasteiger partial charge >= 0.3 is 11.5 Å². The molecule has 27 heavy (non-hydrogen) atoms. The van der Waals surface area contributed by atoms with E-state index in [1.165, 1.54) is 25.4 Å². The van der Waals surface area contributed by atoms with Crippen LogP contribution in [0.4, 0.5) is 0 Å². The van der Waals surface area contributed by atoms with Gasteiger partial charge in [0.1, 0.15) is 0 Å². The number of aryl methyl sites for hydroxylation is 2. The number of aromatic nitrogens is 4. The van der Waals surface area contributed by atoms with E-state index < -0.39 is 22.6 Å². The van der Waals surface area contributed by atoms with Gasteiger partial charge < -0.3 is 8.83 Å². The van der Waals surface area contributed by atoms with Crippen LogP contribution in [-0.2, 0) is 14.1 Å². The molecule has 0 N–H and O–H groups in total. The average molecular weight is 390 g/mol. The molecule has 4 rings (SSSR count). The van der Waals surface area contributed by atoms with E-state index in [1.54, 1.807) is 26.0 Å². The van der Waals surface area contributed by atoms with Crippen LogP contribution in [0.5, 0.6) is 0 Å². The van der Waals surface area contributed by atoms with Crippen LogP contribution in [0.1, 0.15) is 10.7 Å². The fourth-order valence-corrected chi connectivity index (χ4v) is 2.93. The second kappa shape index (κ2) is 6.76. The molecule has 140 valence electrons. The highest BCUT2D eigenvalue weighted by Gasteiger charge is 2.10. The monoisotopic (exact) mass is 390 g/mol. The smallest absolute Gasteiger partial charge is 0.407 e. The maximum atomic E-state index is 11.5. The molecule has 0 aliphatic heterocycles. The van der Waals surface area contributed by atoms with E-state index in [0.29, 0.717) is 15.6 Å². The Bertz CT molecular complexity index is 1410. The molecule has 0 unspecified atom stereocenters. The number of pyridine rings is 1. The van der Waals surface area contributed by atoms with E-state index in [9.17, 15) is 19.2 Å². The van der Waals surface area contributed by atoms with Crippen LogP contribution in [0.3, 0.4) is 0 Å². The number of hydrogen-bond donors (Lipinski definition) is 0. The second-order valence-corrected chi connectivity index (χ2v) is 6.80. The van der Waals surface area contributed by atoms with Crippen molar-refractivity contribution in [1.29, 1.82) is 0 Å². The van der Waals surface area contributed by atoms with E-state index in [2.05, 4.69) is 9.97 Å². The molecule has 0 bridgehead atoms. The molecule has 11 heteroatoms. The van der Waals surface area contributed by atoms with Gasteiger partial charge in [-0.1, -0.05) is 11.3 Å². The third-order valence-electron chi connectivity index (χ3n) is 3.64. The Kier molecular flexibility index (Phi) is 4.62. The lowest BCUT2D eigenvalue weighted by molar-refractivity contribution is 0.483. The first kappa shape index (κ1) is 18.5. The van der Waals surface area contributed by atoms with Gasteiger partial charge in [-0.2, -0.15) is 0 Å². The number of rotatable bonds is 0. The lowest BCUT2D eigenvalue weighted by Gasteiger charge is -1.98. The Labute approximate surface area is 154 Å². The first-order chi connectivity index (χ1) is 12.7. The highest BCUT2D eigenvalue weighted by molar-refractivity contribution is 7.17. The zero-order valence-electron chi connectivity index (χ0n) is 14.8. The molecule has 0 aromatic carbocycles. The van der Waals surface area contributed by atoms with E-state index in [4.69, 9.17) is 8.83 Å². The van der Waals surface area contributed by atoms with Gasteiger partial charge in [0.05, 0.1) is 5.01 Å². The van der Waals surface area contributed by atoms with Crippen molar-refractivity contribution in [2.75, 3.05) is 0 Å². The predicted octanol–water partition coefficient (Wildman–Crippen LogP) is 0.452. The van der Waals surface area contributed by atoms with Crippen molar-refractivity contribution in [3.63, 3.8) is 0 Å². The predicted molar refractivity (Wildman–Crippen MR) is 98.4 cm³/mol. The Morgan fingerprint density at radius 1 is 0.852 bits per heavy atom. The standard InChI is InChI=1S/C9H8N2O3.C7H6N2O3S/c1-5-3-4-6-7(10-5)8(12)11(2)9(13)14-6;1-3-8-4-5(10)9(2)7(11)12-6(4)13-3/h3-4H,1-2H3;1-2H3. The number of hydrogen-bond acceptors (Lipinski definition) is 9. The maximum Gasteiger partial charge on any atom is 0.422 e. The minimum absolute atomic E-state index is 0.187. The number of thiazole rings is 1. The molecule has 4 aromatic rings. The van der Waals surface area contributed by atoms with Crippen LogP contribution < -0.4 is 22.6 Å². The summed E-state index contributed by atoms with van der Waals surface area (Å²) in [5, 5.41) is 0.710. The molecule has 0 atom stereocenters. The van der Waals surface area contributed by atoms with Gasteiger partial charge in [0, 0.05) is 19.8 Å². The largest absolute Gasteiger partial charge is 0.422 e. The van der Waals surface area contributed by atoms with Crippen LogP contribution >= 0.6 is 11.3 Å². The van der Waals surface area contributed by atoms with Crippen LogP contribution in [0.15, 0.2) is 40.1 Å². The first-order valence-corrected chi connectivity index (χ1v) is 8.45. The Morgan fingerprint density at radius 3 is 2.11 bits per heavy atom. The Hall–Kier alpha value is -3.34. The van der Waals surface area contributed by atoms with Crippen molar-refractivity contribution >= 4 is 32.8 Å². The lowest BCUT2D eigenvalue weighted by atomic mass is 10.3. The fourth-order valence-electron chi connectivity index (χ4n) is 2.19. The second-order valence-electron chi connectivity index (χ2n) is 5.63. The molecule has 0 aliphatic carbocycles. The van der Waals surface area contributed by atoms with Crippen molar-refractivity contribution in [2.45, 2.75) is 13.8 Å². The Morgan fingerprint density at radius 2 is 1.44 bits per heavy atom. The summed E-state index contributed by atoms with van der Waals surface area (Å²) >= 11 is 1.20. The molecule has 4 aromatic heterocycles.